The molecule has 3 rings (SSSR count). The molecule has 0 spiro atoms. The normalized spacial score (nSPS) is 21.2. The van der Waals surface area contributed by atoms with Crippen molar-refractivity contribution in [3.05, 3.63) is 23.2 Å². The highest BCUT2D eigenvalue weighted by molar-refractivity contribution is 6.31. The Labute approximate surface area is 139 Å². The van der Waals surface area contributed by atoms with E-state index in [1.807, 2.05) is 0 Å². The van der Waals surface area contributed by atoms with Crippen LogP contribution in [0.1, 0.15) is 19.3 Å². The molecule has 1 amide bonds. The summed E-state index contributed by atoms with van der Waals surface area (Å²) in [5.41, 5.74) is 0.614. The summed E-state index contributed by atoms with van der Waals surface area (Å²) in [6.45, 7) is 3.35. The molecular weight excluding hydrogens is 320 g/mol. The van der Waals surface area contributed by atoms with Crippen LogP contribution < -0.4 is 9.64 Å². The highest BCUT2D eigenvalue weighted by atomic mass is 35.5. The zero-order chi connectivity index (χ0) is 16.4. The number of carbonyl (C=O) groups is 2. The predicted octanol–water partition coefficient (Wildman–Crippen LogP) is 2.00. The number of ether oxygens (including phenoxy) is 1. The van der Waals surface area contributed by atoms with Crippen molar-refractivity contribution in [2.45, 2.75) is 25.4 Å². The van der Waals surface area contributed by atoms with Crippen LogP contribution in [-0.2, 0) is 9.59 Å². The van der Waals surface area contributed by atoms with Gasteiger partial charge in [0.1, 0.15) is 5.75 Å². The number of hydrogen-bond donors (Lipinski definition) is 1. The van der Waals surface area contributed by atoms with Crippen molar-refractivity contribution in [2.24, 2.45) is 0 Å². The number of likely N-dealkylation sites (tertiary alicyclic amines) is 1. The second kappa shape index (κ2) is 6.76. The number of carbonyl (C=O) groups excluding carboxylic acids is 1. The standard InChI is InChI=1S/C16H19ClN2O4/c17-11-3-4-13-12(9-11)19(8-7-18-5-1-2-6-18)16(22)14(23-13)10-15(20)21/h3-4,9,14H,1-2,5-8,10H2,(H,20,21). The lowest BCUT2D eigenvalue weighted by Crippen LogP contribution is -2.49. The summed E-state index contributed by atoms with van der Waals surface area (Å²) in [6.07, 6.45) is 1.03. The van der Waals surface area contributed by atoms with E-state index in [-0.39, 0.29) is 12.3 Å². The lowest BCUT2D eigenvalue weighted by molar-refractivity contribution is -0.142. The zero-order valence-corrected chi connectivity index (χ0v) is 13.5. The molecule has 1 atom stereocenters. The molecule has 23 heavy (non-hydrogen) atoms. The molecule has 0 radical (unpaired) electrons. The van der Waals surface area contributed by atoms with Crippen molar-refractivity contribution in [3.8, 4) is 5.75 Å². The Morgan fingerprint density at radius 2 is 2.04 bits per heavy atom. The third-order valence-electron chi connectivity index (χ3n) is 4.22. The molecule has 1 N–H and O–H groups in total. The Morgan fingerprint density at radius 1 is 1.30 bits per heavy atom. The van der Waals surface area contributed by atoms with Gasteiger partial charge in [-0.15, -0.1) is 0 Å². The number of halogens is 1. The highest BCUT2D eigenvalue weighted by Crippen LogP contribution is 2.36. The molecular formula is C16H19ClN2O4. The summed E-state index contributed by atoms with van der Waals surface area (Å²) in [5.74, 6) is -0.872. The highest BCUT2D eigenvalue weighted by Gasteiger charge is 2.36. The van der Waals surface area contributed by atoms with Crippen LogP contribution in [0.25, 0.3) is 0 Å². The van der Waals surface area contributed by atoms with Crippen LogP contribution in [-0.4, -0.2) is 54.2 Å². The summed E-state index contributed by atoms with van der Waals surface area (Å²) in [5, 5.41) is 9.50. The number of rotatable bonds is 5. The molecule has 6 nitrogen and oxygen atoms in total. The van der Waals surface area contributed by atoms with Crippen LogP contribution >= 0.6 is 11.6 Å². The summed E-state index contributed by atoms with van der Waals surface area (Å²) in [4.78, 5) is 27.5. The topological polar surface area (TPSA) is 70.1 Å². The molecule has 0 aliphatic carbocycles. The minimum atomic E-state index is -1.06. The molecule has 124 valence electrons. The number of nitrogens with zero attached hydrogens (tertiary/aromatic N) is 2. The van der Waals surface area contributed by atoms with Crippen LogP contribution in [0.2, 0.25) is 5.02 Å². The van der Waals surface area contributed by atoms with Crippen LogP contribution in [0, 0.1) is 0 Å². The van der Waals surface area contributed by atoms with Crippen molar-refractivity contribution in [1.82, 2.24) is 4.90 Å². The molecule has 1 unspecified atom stereocenters. The van der Waals surface area contributed by atoms with Crippen LogP contribution in [0.3, 0.4) is 0 Å². The van der Waals surface area contributed by atoms with E-state index in [0.717, 1.165) is 19.6 Å². The number of amides is 1. The van der Waals surface area contributed by atoms with Gasteiger partial charge < -0.3 is 19.6 Å². The molecule has 0 bridgehead atoms. The second-order valence-electron chi connectivity index (χ2n) is 5.86. The van der Waals surface area contributed by atoms with E-state index in [1.165, 1.54) is 12.8 Å². The first-order chi connectivity index (χ1) is 11.0. The van der Waals surface area contributed by atoms with E-state index in [4.69, 9.17) is 21.4 Å². The third-order valence-corrected chi connectivity index (χ3v) is 4.46. The number of aliphatic carboxylic acids is 1. The Kier molecular flexibility index (Phi) is 4.73. The average Bonchev–Trinajstić information content (AvgIpc) is 3.01. The van der Waals surface area contributed by atoms with Gasteiger partial charge in [-0.25, -0.2) is 0 Å². The maximum atomic E-state index is 12.6. The number of carboxylic acid groups (broad SMARTS) is 1. The van der Waals surface area contributed by atoms with E-state index in [1.54, 1.807) is 23.1 Å². The summed E-state index contributed by atoms with van der Waals surface area (Å²) in [6, 6.07) is 5.05. The number of anilines is 1. The predicted molar refractivity (Wildman–Crippen MR) is 86.1 cm³/mol. The van der Waals surface area contributed by atoms with Crippen LogP contribution in [0.4, 0.5) is 5.69 Å². The van der Waals surface area contributed by atoms with Crippen LogP contribution in [0.15, 0.2) is 18.2 Å². The molecule has 1 fully saturated rings. The fraction of sp³-hybridized carbons (Fsp3) is 0.500. The smallest absolute Gasteiger partial charge is 0.307 e. The second-order valence-corrected chi connectivity index (χ2v) is 6.29. The summed E-state index contributed by atoms with van der Waals surface area (Å²) < 4.78 is 5.57. The van der Waals surface area contributed by atoms with Gasteiger partial charge in [0.2, 0.25) is 0 Å². The lowest BCUT2D eigenvalue weighted by atomic mass is 10.1. The van der Waals surface area contributed by atoms with Gasteiger partial charge in [-0.3, -0.25) is 9.59 Å². The third kappa shape index (κ3) is 3.59. The molecule has 7 heteroatoms. The Bertz CT molecular complexity index is 616. The maximum Gasteiger partial charge on any atom is 0.307 e. The van der Waals surface area contributed by atoms with E-state index in [9.17, 15) is 9.59 Å². The Morgan fingerprint density at radius 3 is 2.74 bits per heavy atom. The first-order valence-corrected chi connectivity index (χ1v) is 8.14. The lowest BCUT2D eigenvalue weighted by Gasteiger charge is -2.34. The maximum absolute atomic E-state index is 12.6. The number of hydrogen-bond acceptors (Lipinski definition) is 4. The van der Waals surface area contributed by atoms with Gasteiger partial charge in [0.05, 0.1) is 12.1 Å². The molecule has 2 aliphatic heterocycles. The largest absolute Gasteiger partial charge is 0.481 e. The van der Waals surface area contributed by atoms with Crippen molar-refractivity contribution < 1.29 is 19.4 Å². The van der Waals surface area contributed by atoms with Gasteiger partial charge in [-0.1, -0.05) is 11.6 Å². The summed E-state index contributed by atoms with van der Waals surface area (Å²) >= 11 is 6.04. The van der Waals surface area contributed by atoms with E-state index in [2.05, 4.69) is 4.90 Å². The Balaban J connectivity index is 1.82. The van der Waals surface area contributed by atoms with E-state index >= 15 is 0 Å². The fourth-order valence-corrected chi connectivity index (χ4v) is 3.23. The van der Waals surface area contributed by atoms with Gasteiger partial charge in [0.15, 0.2) is 6.10 Å². The summed E-state index contributed by atoms with van der Waals surface area (Å²) in [7, 11) is 0. The van der Waals surface area contributed by atoms with Gasteiger partial charge in [-0.2, -0.15) is 0 Å². The van der Waals surface area contributed by atoms with Crippen LogP contribution in [0.5, 0.6) is 5.75 Å². The van der Waals surface area contributed by atoms with Crippen molar-refractivity contribution in [3.63, 3.8) is 0 Å². The van der Waals surface area contributed by atoms with Gasteiger partial charge >= 0.3 is 5.97 Å². The molecule has 1 aromatic carbocycles. The van der Waals surface area contributed by atoms with E-state index in [0.29, 0.717) is 23.0 Å². The Hall–Kier alpha value is -1.79. The van der Waals surface area contributed by atoms with Gasteiger partial charge in [0, 0.05) is 18.1 Å². The molecule has 0 saturated carbocycles. The van der Waals surface area contributed by atoms with Crippen molar-refractivity contribution in [1.29, 1.82) is 0 Å². The minimum Gasteiger partial charge on any atom is -0.481 e. The zero-order valence-electron chi connectivity index (χ0n) is 12.7. The first-order valence-electron chi connectivity index (χ1n) is 7.76. The average molecular weight is 339 g/mol. The molecule has 0 aromatic heterocycles. The number of carboxylic acids is 1. The molecule has 2 aliphatic rings. The van der Waals surface area contributed by atoms with E-state index < -0.39 is 12.1 Å². The fourth-order valence-electron chi connectivity index (χ4n) is 3.06. The minimum absolute atomic E-state index is 0.318. The molecule has 2 heterocycles. The molecule has 1 aromatic rings. The number of fused-ring (bicyclic) bond motifs is 1. The quantitative estimate of drug-likeness (QED) is 0.889. The van der Waals surface area contributed by atoms with Gasteiger partial charge in [-0.05, 0) is 44.1 Å². The first kappa shape index (κ1) is 16.1. The van der Waals surface area contributed by atoms with Gasteiger partial charge in [0.25, 0.3) is 5.91 Å². The SMILES string of the molecule is O=C(O)CC1Oc2ccc(Cl)cc2N(CCN2CCCC2)C1=O. The molecule has 1 saturated heterocycles. The van der Waals surface area contributed by atoms with Crippen molar-refractivity contribution >= 4 is 29.2 Å². The number of benzene rings is 1. The monoisotopic (exact) mass is 338 g/mol. The van der Waals surface area contributed by atoms with Crippen molar-refractivity contribution in [2.75, 3.05) is 31.1 Å².